The van der Waals surface area contributed by atoms with Crippen LogP contribution in [0.15, 0.2) is 54.6 Å². The number of nitrogens with one attached hydrogen (secondary N) is 1. The number of H-pyrrole nitrogens is 1. The van der Waals surface area contributed by atoms with Gasteiger partial charge in [-0.05, 0) is 41.5 Å². The Hall–Kier alpha value is -3.42. The highest BCUT2D eigenvalue weighted by molar-refractivity contribution is 5.53. The van der Waals surface area contributed by atoms with Crippen molar-refractivity contribution in [2.24, 2.45) is 0 Å². The molecule has 0 saturated carbocycles. The van der Waals surface area contributed by atoms with Crippen molar-refractivity contribution in [1.29, 1.82) is 0 Å². The molecule has 0 saturated heterocycles. The number of aromatic amines is 1. The summed E-state index contributed by atoms with van der Waals surface area (Å²) in [4.78, 5) is 6.07. The maximum Gasteiger partial charge on any atom is 0.204 e. The summed E-state index contributed by atoms with van der Waals surface area (Å²) >= 11 is 0. The van der Waals surface area contributed by atoms with Crippen LogP contribution in [0.3, 0.4) is 0 Å². The van der Waals surface area contributed by atoms with E-state index >= 15 is 0 Å². The minimum Gasteiger partial charge on any atom is -0.263 e. The Morgan fingerprint density at radius 1 is 1.00 bits per heavy atom. The van der Waals surface area contributed by atoms with Crippen molar-refractivity contribution >= 4 is 0 Å². The molecule has 0 unspecified atom stereocenters. The van der Waals surface area contributed by atoms with E-state index in [1.165, 1.54) is 22.5 Å². The number of aromatic nitrogens is 7. The number of nitrogens with zero attached hydrogens (tertiary/aromatic N) is 6. The summed E-state index contributed by atoms with van der Waals surface area (Å²) in [6.45, 7) is 0.608. The molecule has 0 aliphatic heterocycles. The van der Waals surface area contributed by atoms with Gasteiger partial charge in [0.25, 0.3) is 0 Å². The van der Waals surface area contributed by atoms with Crippen LogP contribution in [0.4, 0.5) is 4.39 Å². The lowest BCUT2D eigenvalue weighted by molar-refractivity contribution is 0.496. The van der Waals surface area contributed by atoms with Gasteiger partial charge in [-0.15, -0.1) is 10.2 Å². The van der Waals surface area contributed by atoms with Crippen LogP contribution in [0.2, 0.25) is 0 Å². The van der Waals surface area contributed by atoms with Gasteiger partial charge in [0.05, 0.1) is 6.54 Å². The predicted octanol–water partition coefficient (Wildman–Crippen LogP) is 2.82. The Bertz CT molecular complexity index is 992. The summed E-state index contributed by atoms with van der Waals surface area (Å²) in [5.74, 6) is 1.83. The van der Waals surface area contributed by atoms with E-state index in [-0.39, 0.29) is 5.82 Å². The van der Waals surface area contributed by atoms with Gasteiger partial charge in [0.2, 0.25) is 5.82 Å². The van der Waals surface area contributed by atoms with Crippen LogP contribution >= 0.6 is 0 Å². The van der Waals surface area contributed by atoms with Gasteiger partial charge in [0.15, 0.2) is 5.82 Å². The highest BCUT2D eigenvalue weighted by atomic mass is 19.1. The molecule has 0 aliphatic rings. The molecule has 4 rings (SSSR count). The van der Waals surface area contributed by atoms with E-state index < -0.39 is 0 Å². The molecule has 0 radical (unpaired) electrons. The average Bonchev–Trinajstić information content (AvgIpc) is 3.33. The van der Waals surface area contributed by atoms with Crippen molar-refractivity contribution in [3.63, 3.8) is 0 Å². The van der Waals surface area contributed by atoms with Crippen LogP contribution in [0, 0.1) is 5.82 Å². The minimum absolute atomic E-state index is 0.288. The predicted molar refractivity (Wildman–Crippen MR) is 97.2 cm³/mol. The normalized spacial score (nSPS) is 11.0. The molecule has 136 valence electrons. The van der Waals surface area contributed by atoms with Crippen LogP contribution in [-0.2, 0) is 19.4 Å². The SMILES string of the molecule is Fc1ccc(-c2nnn(CCCc3n[nH]c(Cc4ccccc4)n3)n2)cc1. The zero-order chi connectivity index (χ0) is 18.5. The molecule has 0 fully saturated rings. The van der Waals surface area contributed by atoms with Crippen molar-refractivity contribution in [2.75, 3.05) is 0 Å². The van der Waals surface area contributed by atoms with Crippen molar-refractivity contribution in [3.05, 3.63) is 77.6 Å². The van der Waals surface area contributed by atoms with E-state index in [2.05, 4.69) is 42.7 Å². The Morgan fingerprint density at radius 2 is 1.81 bits per heavy atom. The second kappa shape index (κ2) is 7.86. The number of benzene rings is 2. The Morgan fingerprint density at radius 3 is 2.63 bits per heavy atom. The molecule has 4 aromatic rings. The first kappa shape index (κ1) is 17.0. The van der Waals surface area contributed by atoms with E-state index in [4.69, 9.17) is 0 Å². The van der Waals surface area contributed by atoms with Gasteiger partial charge in [-0.3, -0.25) is 5.10 Å². The summed E-state index contributed by atoms with van der Waals surface area (Å²) in [5.41, 5.74) is 1.93. The van der Waals surface area contributed by atoms with Crippen molar-refractivity contribution in [1.82, 2.24) is 35.4 Å². The van der Waals surface area contributed by atoms with Gasteiger partial charge in [-0.25, -0.2) is 9.37 Å². The largest absolute Gasteiger partial charge is 0.263 e. The third kappa shape index (κ3) is 4.41. The topological polar surface area (TPSA) is 85.2 Å². The number of hydrogen-bond donors (Lipinski definition) is 1. The van der Waals surface area contributed by atoms with Crippen LogP contribution in [0.25, 0.3) is 11.4 Å². The highest BCUT2D eigenvalue weighted by Crippen LogP contribution is 2.14. The third-order valence-electron chi connectivity index (χ3n) is 4.11. The molecular formula is C19H18FN7. The van der Waals surface area contributed by atoms with E-state index in [0.29, 0.717) is 12.4 Å². The Kier molecular flexibility index (Phi) is 4.95. The van der Waals surface area contributed by atoms with Gasteiger partial charge >= 0.3 is 0 Å². The third-order valence-corrected chi connectivity index (χ3v) is 4.11. The molecule has 0 spiro atoms. The highest BCUT2D eigenvalue weighted by Gasteiger charge is 2.08. The summed E-state index contributed by atoms with van der Waals surface area (Å²) < 4.78 is 13.0. The molecule has 2 aromatic carbocycles. The molecule has 8 heteroatoms. The number of hydrogen-bond acceptors (Lipinski definition) is 5. The lowest BCUT2D eigenvalue weighted by atomic mass is 10.1. The summed E-state index contributed by atoms with van der Waals surface area (Å²) in [7, 11) is 0. The summed E-state index contributed by atoms with van der Waals surface area (Å²) in [5, 5.41) is 19.6. The molecule has 7 nitrogen and oxygen atoms in total. The first-order chi connectivity index (χ1) is 13.3. The van der Waals surface area contributed by atoms with Crippen LogP contribution in [0.5, 0.6) is 0 Å². The van der Waals surface area contributed by atoms with Crippen molar-refractivity contribution in [2.45, 2.75) is 25.8 Å². The molecule has 0 bridgehead atoms. The fourth-order valence-corrected chi connectivity index (χ4v) is 2.75. The fourth-order valence-electron chi connectivity index (χ4n) is 2.75. The number of rotatable bonds is 7. The molecule has 1 N–H and O–H groups in total. The maximum atomic E-state index is 13.0. The molecule has 27 heavy (non-hydrogen) atoms. The Labute approximate surface area is 155 Å². The first-order valence-electron chi connectivity index (χ1n) is 8.74. The van der Waals surface area contributed by atoms with Gasteiger partial charge < -0.3 is 0 Å². The van der Waals surface area contributed by atoms with Crippen LogP contribution in [0.1, 0.15) is 23.6 Å². The average molecular weight is 363 g/mol. The number of halogens is 1. The maximum absolute atomic E-state index is 13.0. The Balaban J connectivity index is 1.29. The van der Waals surface area contributed by atoms with E-state index in [1.54, 1.807) is 12.1 Å². The molecule has 2 heterocycles. The van der Waals surface area contributed by atoms with Gasteiger partial charge in [0.1, 0.15) is 11.6 Å². The first-order valence-corrected chi connectivity index (χ1v) is 8.74. The smallest absolute Gasteiger partial charge is 0.204 e. The van der Waals surface area contributed by atoms with Crippen molar-refractivity contribution < 1.29 is 4.39 Å². The molecule has 2 aromatic heterocycles. The second-order valence-corrected chi connectivity index (χ2v) is 6.18. The molecule has 0 aliphatic carbocycles. The quantitative estimate of drug-likeness (QED) is 0.546. The van der Waals surface area contributed by atoms with E-state index in [0.717, 1.165) is 36.5 Å². The van der Waals surface area contributed by atoms with Crippen molar-refractivity contribution in [3.8, 4) is 11.4 Å². The second-order valence-electron chi connectivity index (χ2n) is 6.18. The van der Waals surface area contributed by atoms with Crippen LogP contribution < -0.4 is 0 Å². The summed E-state index contributed by atoms with van der Waals surface area (Å²) in [6, 6.07) is 16.2. The lowest BCUT2D eigenvalue weighted by Gasteiger charge is -1.97. The van der Waals surface area contributed by atoms with Gasteiger partial charge in [-0.1, -0.05) is 30.3 Å². The molecule has 0 atom stereocenters. The molecular weight excluding hydrogens is 345 g/mol. The van der Waals surface area contributed by atoms with Crippen LogP contribution in [-0.4, -0.2) is 35.4 Å². The minimum atomic E-state index is -0.288. The van der Waals surface area contributed by atoms with E-state index in [1.807, 2.05) is 18.2 Å². The summed E-state index contributed by atoms with van der Waals surface area (Å²) in [6.07, 6.45) is 2.25. The van der Waals surface area contributed by atoms with E-state index in [9.17, 15) is 4.39 Å². The van der Waals surface area contributed by atoms with Gasteiger partial charge in [-0.2, -0.15) is 9.90 Å². The number of aryl methyl sites for hydroxylation is 2. The molecule has 0 amide bonds. The fraction of sp³-hybridized carbons (Fsp3) is 0.211. The lowest BCUT2D eigenvalue weighted by Crippen LogP contribution is -2.04. The van der Waals surface area contributed by atoms with Gasteiger partial charge in [0, 0.05) is 18.4 Å². The standard InChI is InChI=1S/C19H18FN7/c20-16-10-8-15(9-11-16)19-24-26-27(25-19)12-4-7-17-21-18(23-22-17)13-14-5-2-1-3-6-14/h1-3,5-6,8-11H,4,7,12-13H2,(H,21,22,23). The zero-order valence-corrected chi connectivity index (χ0v) is 14.6. The zero-order valence-electron chi connectivity index (χ0n) is 14.6. The monoisotopic (exact) mass is 363 g/mol. The number of tetrazole rings is 1.